The average Bonchev–Trinajstić information content (AvgIpc) is 2.34. The molecular formula is C12H14BrF3N2O. The maximum absolute atomic E-state index is 12.9. The Bertz CT molecular complexity index is 451. The number of nitrogens with zero attached hydrogens (tertiary/aromatic N) is 1. The minimum Gasteiger partial charge on any atom is -0.340 e. The molecule has 2 atom stereocenters. The van der Waals surface area contributed by atoms with Crippen molar-refractivity contribution in [3.63, 3.8) is 0 Å². The number of nitrogens with one attached hydrogen (secondary N) is 1. The molecule has 106 valence electrons. The Morgan fingerprint density at radius 3 is 2.63 bits per heavy atom. The first-order valence-electron chi connectivity index (χ1n) is 5.74. The molecule has 19 heavy (non-hydrogen) atoms. The number of hydrogen-bond donors (Lipinski definition) is 1. The standard InChI is InChI=1S/C12H14BrF3N2O/c1-3-7(2)10(12(14,15)16)18-11(19)8-4-5-17-6-9(8)13/h4-7,10H,3H2,1-2H3,(H,18,19)/t7-,10+/m1/s1. The molecule has 0 saturated heterocycles. The molecule has 1 N–H and O–H groups in total. The molecule has 1 rings (SSSR count). The highest BCUT2D eigenvalue weighted by Crippen LogP contribution is 2.28. The summed E-state index contributed by atoms with van der Waals surface area (Å²) in [5, 5.41) is 2.04. The van der Waals surface area contributed by atoms with Crippen molar-refractivity contribution in [2.45, 2.75) is 32.5 Å². The van der Waals surface area contributed by atoms with E-state index in [1.54, 1.807) is 6.92 Å². The van der Waals surface area contributed by atoms with Gasteiger partial charge in [-0.15, -0.1) is 0 Å². The summed E-state index contributed by atoms with van der Waals surface area (Å²) in [6.07, 6.45) is -1.43. The largest absolute Gasteiger partial charge is 0.408 e. The maximum Gasteiger partial charge on any atom is 0.408 e. The SMILES string of the molecule is CC[C@@H](C)[C@H](NC(=O)c1ccncc1Br)C(F)(F)F. The van der Waals surface area contributed by atoms with Crippen LogP contribution in [0, 0.1) is 5.92 Å². The van der Waals surface area contributed by atoms with Crippen molar-refractivity contribution in [1.29, 1.82) is 0 Å². The van der Waals surface area contributed by atoms with E-state index >= 15 is 0 Å². The van der Waals surface area contributed by atoms with Gasteiger partial charge in [-0.1, -0.05) is 20.3 Å². The molecule has 0 spiro atoms. The summed E-state index contributed by atoms with van der Waals surface area (Å²) >= 11 is 3.09. The van der Waals surface area contributed by atoms with E-state index in [9.17, 15) is 18.0 Å². The van der Waals surface area contributed by atoms with Crippen molar-refractivity contribution in [2.24, 2.45) is 5.92 Å². The van der Waals surface area contributed by atoms with E-state index < -0.39 is 24.0 Å². The fourth-order valence-corrected chi connectivity index (χ4v) is 1.99. The highest BCUT2D eigenvalue weighted by Gasteiger charge is 2.43. The van der Waals surface area contributed by atoms with Gasteiger partial charge in [0.25, 0.3) is 5.91 Å². The van der Waals surface area contributed by atoms with Gasteiger partial charge < -0.3 is 5.32 Å². The zero-order valence-electron chi connectivity index (χ0n) is 10.5. The molecule has 0 bridgehead atoms. The predicted molar refractivity (Wildman–Crippen MR) is 68.7 cm³/mol. The van der Waals surface area contributed by atoms with Crippen LogP contribution in [0.3, 0.4) is 0 Å². The van der Waals surface area contributed by atoms with Gasteiger partial charge in [-0.2, -0.15) is 13.2 Å². The number of carbonyl (C=O) groups is 1. The highest BCUT2D eigenvalue weighted by atomic mass is 79.9. The minimum atomic E-state index is -4.47. The first-order valence-corrected chi connectivity index (χ1v) is 6.53. The van der Waals surface area contributed by atoms with E-state index in [-0.39, 0.29) is 5.56 Å². The normalized spacial score (nSPS) is 14.8. The van der Waals surface area contributed by atoms with Crippen LogP contribution in [0.25, 0.3) is 0 Å². The van der Waals surface area contributed by atoms with Crippen LogP contribution in [0.2, 0.25) is 0 Å². The number of carbonyl (C=O) groups excluding carboxylic acids is 1. The molecule has 7 heteroatoms. The lowest BCUT2D eigenvalue weighted by Crippen LogP contribution is -2.49. The Balaban J connectivity index is 2.92. The van der Waals surface area contributed by atoms with Gasteiger partial charge in [0.1, 0.15) is 6.04 Å². The predicted octanol–water partition coefficient (Wildman–Crippen LogP) is 3.55. The van der Waals surface area contributed by atoms with Crippen LogP contribution in [0.1, 0.15) is 30.6 Å². The van der Waals surface area contributed by atoms with Crippen molar-refractivity contribution in [3.05, 3.63) is 28.5 Å². The lowest BCUT2D eigenvalue weighted by molar-refractivity contribution is -0.164. The lowest BCUT2D eigenvalue weighted by atomic mass is 9.98. The highest BCUT2D eigenvalue weighted by molar-refractivity contribution is 9.10. The van der Waals surface area contributed by atoms with Gasteiger partial charge in [-0.3, -0.25) is 9.78 Å². The van der Waals surface area contributed by atoms with Crippen molar-refractivity contribution >= 4 is 21.8 Å². The number of pyridine rings is 1. The average molecular weight is 339 g/mol. The summed E-state index contributed by atoms with van der Waals surface area (Å²) in [6.45, 7) is 3.11. The molecule has 1 heterocycles. The van der Waals surface area contributed by atoms with Gasteiger partial charge in [0, 0.05) is 16.9 Å². The van der Waals surface area contributed by atoms with E-state index in [1.165, 1.54) is 25.4 Å². The van der Waals surface area contributed by atoms with Gasteiger partial charge >= 0.3 is 6.18 Å². The summed E-state index contributed by atoms with van der Waals surface area (Å²) in [4.78, 5) is 15.6. The second-order valence-electron chi connectivity index (χ2n) is 4.23. The van der Waals surface area contributed by atoms with E-state index in [0.29, 0.717) is 10.9 Å². The number of alkyl halides is 3. The molecule has 1 amide bonds. The monoisotopic (exact) mass is 338 g/mol. The molecule has 0 unspecified atom stereocenters. The Labute approximate surface area is 117 Å². The zero-order chi connectivity index (χ0) is 14.6. The van der Waals surface area contributed by atoms with Gasteiger partial charge in [0.15, 0.2) is 0 Å². The number of amides is 1. The van der Waals surface area contributed by atoms with Crippen molar-refractivity contribution in [1.82, 2.24) is 10.3 Å². The third-order valence-corrected chi connectivity index (χ3v) is 3.50. The van der Waals surface area contributed by atoms with E-state index in [1.807, 2.05) is 5.32 Å². The van der Waals surface area contributed by atoms with Crippen molar-refractivity contribution in [3.8, 4) is 0 Å². The van der Waals surface area contributed by atoms with Crippen LogP contribution in [-0.4, -0.2) is 23.1 Å². The van der Waals surface area contributed by atoms with E-state index in [2.05, 4.69) is 20.9 Å². The Morgan fingerprint density at radius 2 is 2.16 bits per heavy atom. The summed E-state index contributed by atoms with van der Waals surface area (Å²) in [5.41, 5.74) is 0.132. The molecule has 1 aromatic rings. The van der Waals surface area contributed by atoms with Crippen LogP contribution in [0.15, 0.2) is 22.9 Å². The second-order valence-corrected chi connectivity index (χ2v) is 5.09. The molecule has 0 aliphatic heterocycles. The third-order valence-electron chi connectivity index (χ3n) is 2.87. The minimum absolute atomic E-state index is 0.132. The summed E-state index contributed by atoms with van der Waals surface area (Å²) in [7, 11) is 0. The Morgan fingerprint density at radius 1 is 1.53 bits per heavy atom. The van der Waals surface area contributed by atoms with Gasteiger partial charge in [-0.05, 0) is 27.9 Å². The molecule has 3 nitrogen and oxygen atoms in total. The maximum atomic E-state index is 12.9. The molecule has 1 aromatic heterocycles. The van der Waals surface area contributed by atoms with Crippen LogP contribution in [0.5, 0.6) is 0 Å². The van der Waals surface area contributed by atoms with Crippen molar-refractivity contribution in [2.75, 3.05) is 0 Å². The third kappa shape index (κ3) is 4.19. The van der Waals surface area contributed by atoms with E-state index in [4.69, 9.17) is 0 Å². The summed E-state index contributed by atoms with van der Waals surface area (Å²) in [6, 6.07) is -0.492. The summed E-state index contributed by atoms with van der Waals surface area (Å²) < 4.78 is 39.0. The summed E-state index contributed by atoms with van der Waals surface area (Å²) in [5.74, 6) is -1.46. The molecule has 0 radical (unpaired) electrons. The zero-order valence-corrected chi connectivity index (χ0v) is 12.0. The van der Waals surface area contributed by atoms with Crippen LogP contribution >= 0.6 is 15.9 Å². The van der Waals surface area contributed by atoms with Gasteiger partial charge in [0.2, 0.25) is 0 Å². The molecule has 0 aromatic carbocycles. The second kappa shape index (κ2) is 6.36. The Kier molecular flexibility index (Phi) is 5.34. The van der Waals surface area contributed by atoms with E-state index in [0.717, 1.165) is 0 Å². The van der Waals surface area contributed by atoms with Crippen LogP contribution in [-0.2, 0) is 0 Å². The Hall–Kier alpha value is -1.11. The molecule has 0 fully saturated rings. The number of halogens is 4. The molecule has 0 aliphatic carbocycles. The van der Waals surface area contributed by atoms with Gasteiger partial charge in [-0.25, -0.2) is 0 Å². The molecular weight excluding hydrogens is 325 g/mol. The lowest BCUT2D eigenvalue weighted by Gasteiger charge is -2.26. The fourth-order valence-electron chi connectivity index (χ4n) is 1.56. The molecule has 0 saturated carbocycles. The number of hydrogen-bond acceptors (Lipinski definition) is 2. The topological polar surface area (TPSA) is 42.0 Å². The smallest absolute Gasteiger partial charge is 0.340 e. The van der Waals surface area contributed by atoms with Crippen molar-refractivity contribution < 1.29 is 18.0 Å². The van der Waals surface area contributed by atoms with Crippen LogP contribution < -0.4 is 5.32 Å². The number of aromatic nitrogens is 1. The van der Waals surface area contributed by atoms with Crippen LogP contribution in [0.4, 0.5) is 13.2 Å². The molecule has 0 aliphatic rings. The first-order chi connectivity index (χ1) is 8.77. The van der Waals surface area contributed by atoms with Gasteiger partial charge in [0.05, 0.1) is 5.56 Å². The fraction of sp³-hybridized carbons (Fsp3) is 0.500. The first kappa shape index (κ1) is 15.9. The number of rotatable bonds is 4. The quantitative estimate of drug-likeness (QED) is 0.912.